The molecule has 0 saturated heterocycles. The topological polar surface area (TPSA) is 35.6 Å². The second-order valence-corrected chi connectivity index (χ2v) is 17.0. The lowest BCUT2D eigenvalue weighted by Gasteiger charge is -2.38. The molecule has 12 rings (SSSR count). The van der Waals surface area contributed by atoms with Crippen molar-refractivity contribution in [1.82, 2.24) is 19.1 Å². The van der Waals surface area contributed by atoms with Gasteiger partial charge in [-0.3, -0.25) is 4.57 Å². The van der Waals surface area contributed by atoms with E-state index in [1.165, 1.54) is 81.4 Å². The molecule has 3 heterocycles. The minimum atomic E-state index is 0.253. The van der Waals surface area contributed by atoms with E-state index >= 15 is 0 Å². The molecule has 4 heteroatoms. The maximum atomic E-state index is 5.48. The quantitative estimate of drug-likeness (QED) is 0.176. The summed E-state index contributed by atoms with van der Waals surface area (Å²) in [6.07, 6.45) is 6.87. The molecule has 2 bridgehead atoms. The molecule has 0 aliphatic heterocycles. The molecule has 57 heavy (non-hydrogen) atoms. The Morgan fingerprint density at radius 1 is 0.474 bits per heavy atom. The van der Waals surface area contributed by atoms with E-state index in [2.05, 4.69) is 180 Å². The molecule has 10 aromatic rings. The smallest absolute Gasteiger partial charge is 0.235 e. The number of hydrogen-bond acceptors (Lipinski definition) is 2. The number of nitrogens with zero attached hydrogens (tertiary/aromatic N) is 4. The van der Waals surface area contributed by atoms with Crippen LogP contribution in [0.5, 0.6) is 0 Å². The summed E-state index contributed by atoms with van der Waals surface area (Å²) in [5.41, 5.74) is 12.8. The molecule has 4 nitrogen and oxygen atoms in total. The Balaban J connectivity index is 1.04. The van der Waals surface area contributed by atoms with Gasteiger partial charge in [0.2, 0.25) is 5.95 Å². The molecular formula is C53H42N4. The first-order valence-electron chi connectivity index (χ1n) is 20.6. The van der Waals surface area contributed by atoms with Crippen molar-refractivity contribution in [2.45, 2.75) is 44.4 Å². The van der Waals surface area contributed by atoms with Crippen molar-refractivity contribution in [3.63, 3.8) is 0 Å². The summed E-state index contributed by atoms with van der Waals surface area (Å²) in [7, 11) is 0. The molecule has 2 fully saturated rings. The third-order valence-corrected chi connectivity index (χ3v) is 13.5. The molecule has 2 saturated carbocycles. The Bertz CT molecular complexity index is 3170. The van der Waals surface area contributed by atoms with Crippen molar-refractivity contribution in [1.29, 1.82) is 0 Å². The molecule has 0 amide bonds. The van der Waals surface area contributed by atoms with Crippen molar-refractivity contribution in [3.05, 3.63) is 169 Å². The van der Waals surface area contributed by atoms with Crippen molar-refractivity contribution < 1.29 is 0 Å². The monoisotopic (exact) mass is 734 g/mol. The van der Waals surface area contributed by atoms with Crippen LogP contribution in [0.3, 0.4) is 0 Å². The third-order valence-electron chi connectivity index (χ3n) is 13.5. The predicted octanol–water partition coefficient (Wildman–Crippen LogP) is 13.6. The van der Waals surface area contributed by atoms with Gasteiger partial charge in [0.15, 0.2) is 0 Å². The average Bonchev–Trinajstić information content (AvgIpc) is 3.91. The standard InChI is InChI=1S/C53H42N4/c1-53(32-34-19-20-35(29-34)33-53)39-24-21-37(22-25-39)51-44-15-5-8-16-46(44)54-52(55-51)57-48-18-10-6-13-41(48)43-27-26-40(31-50(43)57)56-47-17-9-7-14-42(47)45-30-38(23-28-49(45)56)36-11-3-2-4-12-36/h2-18,21-28,30-31,34-35H,19-20,29,32-33H2,1H3/t34-,35-/m1/s1. The molecular weight excluding hydrogens is 693 g/mol. The zero-order valence-electron chi connectivity index (χ0n) is 32.1. The number of fused-ring (bicyclic) bond motifs is 9. The first-order chi connectivity index (χ1) is 28.1. The second kappa shape index (κ2) is 12.5. The highest BCUT2D eigenvalue weighted by atomic mass is 15.2. The number of rotatable bonds is 5. The predicted molar refractivity (Wildman–Crippen MR) is 237 cm³/mol. The fraction of sp³-hybridized carbons (Fsp3) is 0.170. The first kappa shape index (κ1) is 32.7. The van der Waals surface area contributed by atoms with E-state index in [1.54, 1.807) is 0 Å². The Morgan fingerprint density at radius 3 is 1.86 bits per heavy atom. The number of aromatic nitrogens is 4. The maximum absolute atomic E-state index is 5.48. The lowest BCUT2D eigenvalue weighted by atomic mass is 9.66. The molecule has 0 unspecified atom stereocenters. The fourth-order valence-electron chi connectivity index (χ4n) is 10.9. The fourth-order valence-corrected chi connectivity index (χ4v) is 10.9. The van der Waals surface area contributed by atoms with Crippen LogP contribution in [-0.2, 0) is 5.41 Å². The Morgan fingerprint density at radius 2 is 1.09 bits per heavy atom. The first-order valence-corrected chi connectivity index (χ1v) is 20.6. The van der Waals surface area contributed by atoms with E-state index < -0.39 is 0 Å². The van der Waals surface area contributed by atoms with Crippen LogP contribution in [0.25, 0.3) is 88.5 Å². The Labute approximate surface area is 332 Å². The van der Waals surface area contributed by atoms with E-state index in [1.807, 2.05) is 0 Å². The summed E-state index contributed by atoms with van der Waals surface area (Å²) < 4.78 is 4.69. The minimum absolute atomic E-state index is 0.253. The highest BCUT2D eigenvalue weighted by molar-refractivity contribution is 6.12. The summed E-state index contributed by atoms with van der Waals surface area (Å²) in [5.74, 6) is 2.45. The SMILES string of the molecule is CC1(c2ccc(-c3nc(-n4c5ccccc5c5ccc(-n6c7ccccc7c7cc(-c8ccccc8)ccc76)cc54)nc4ccccc34)cc2)C[C@@H]2CC[C@H](C2)C1. The van der Waals surface area contributed by atoms with E-state index in [0.29, 0.717) is 5.95 Å². The third kappa shape index (κ3) is 5.13. The van der Waals surface area contributed by atoms with E-state index in [9.17, 15) is 0 Å². The van der Waals surface area contributed by atoms with Gasteiger partial charge in [-0.25, -0.2) is 9.97 Å². The van der Waals surface area contributed by atoms with Gasteiger partial charge in [-0.15, -0.1) is 0 Å². The highest BCUT2D eigenvalue weighted by Gasteiger charge is 2.41. The molecule has 0 spiro atoms. The van der Waals surface area contributed by atoms with Crippen molar-refractivity contribution in [2.75, 3.05) is 0 Å². The largest absolute Gasteiger partial charge is 0.309 e. The molecule has 2 aliphatic carbocycles. The zero-order chi connectivity index (χ0) is 37.7. The van der Waals surface area contributed by atoms with Crippen molar-refractivity contribution >= 4 is 54.5 Å². The molecule has 2 atom stereocenters. The molecule has 3 aromatic heterocycles. The van der Waals surface area contributed by atoms with Crippen LogP contribution < -0.4 is 0 Å². The van der Waals surface area contributed by atoms with Gasteiger partial charge in [-0.05, 0) is 95.7 Å². The Hall–Kier alpha value is -6.52. The Kier molecular flexibility index (Phi) is 7.17. The van der Waals surface area contributed by atoms with Gasteiger partial charge in [0.05, 0.1) is 33.3 Å². The summed E-state index contributed by atoms with van der Waals surface area (Å²) >= 11 is 0. The van der Waals surface area contributed by atoms with Gasteiger partial charge in [0.1, 0.15) is 0 Å². The van der Waals surface area contributed by atoms with Crippen LogP contribution in [0.4, 0.5) is 0 Å². The molecule has 274 valence electrons. The number of para-hydroxylation sites is 3. The van der Waals surface area contributed by atoms with Crippen LogP contribution in [0.15, 0.2) is 164 Å². The number of hydrogen-bond donors (Lipinski definition) is 0. The second-order valence-electron chi connectivity index (χ2n) is 17.0. The summed E-state index contributed by atoms with van der Waals surface area (Å²) in [4.78, 5) is 10.8. The van der Waals surface area contributed by atoms with Gasteiger partial charge in [0.25, 0.3) is 0 Å². The van der Waals surface area contributed by atoms with E-state index in [4.69, 9.17) is 9.97 Å². The van der Waals surface area contributed by atoms with Crippen LogP contribution in [0.2, 0.25) is 0 Å². The van der Waals surface area contributed by atoms with Gasteiger partial charge >= 0.3 is 0 Å². The molecule has 0 N–H and O–H groups in total. The number of benzene rings is 7. The van der Waals surface area contributed by atoms with Gasteiger partial charge in [0, 0.05) is 38.2 Å². The summed E-state index contributed by atoms with van der Waals surface area (Å²) in [6.45, 7) is 2.50. The molecule has 0 radical (unpaired) electrons. The lowest BCUT2D eigenvalue weighted by Crippen LogP contribution is -2.30. The molecule has 7 aromatic carbocycles. The average molecular weight is 735 g/mol. The van der Waals surface area contributed by atoms with Gasteiger partial charge < -0.3 is 4.57 Å². The van der Waals surface area contributed by atoms with Gasteiger partial charge in [-0.1, -0.05) is 141 Å². The summed E-state index contributed by atoms with van der Waals surface area (Å²) in [6, 6.07) is 59.7. The maximum Gasteiger partial charge on any atom is 0.235 e. The van der Waals surface area contributed by atoms with Crippen LogP contribution in [-0.4, -0.2) is 19.1 Å². The zero-order valence-corrected chi connectivity index (χ0v) is 32.1. The summed E-state index contributed by atoms with van der Waals surface area (Å²) in [5, 5.41) is 5.91. The van der Waals surface area contributed by atoms with Crippen LogP contribution in [0.1, 0.15) is 44.6 Å². The van der Waals surface area contributed by atoms with Crippen molar-refractivity contribution in [3.8, 4) is 34.0 Å². The van der Waals surface area contributed by atoms with Crippen LogP contribution >= 0.6 is 0 Å². The minimum Gasteiger partial charge on any atom is -0.309 e. The molecule has 2 aliphatic rings. The lowest BCUT2D eigenvalue weighted by molar-refractivity contribution is 0.232. The van der Waals surface area contributed by atoms with Crippen molar-refractivity contribution in [2.24, 2.45) is 11.8 Å². The highest BCUT2D eigenvalue weighted by Crippen LogP contribution is 2.52. The van der Waals surface area contributed by atoms with Gasteiger partial charge in [-0.2, -0.15) is 0 Å². The van der Waals surface area contributed by atoms with Crippen LogP contribution in [0, 0.1) is 11.8 Å². The van der Waals surface area contributed by atoms with E-state index in [0.717, 1.165) is 50.7 Å². The van der Waals surface area contributed by atoms with E-state index in [-0.39, 0.29) is 5.41 Å². The normalized spacial score (nSPS) is 19.4.